The third-order valence-electron chi connectivity index (χ3n) is 3.41. The second-order valence-electron chi connectivity index (χ2n) is 4.19. The van der Waals surface area contributed by atoms with Crippen molar-refractivity contribution in [2.24, 2.45) is 0 Å². The molecule has 2 saturated carbocycles. The van der Waals surface area contributed by atoms with Crippen LogP contribution in [-0.2, 0) is 0 Å². The second kappa shape index (κ2) is 2.74. The van der Waals surface area contributed by atoms with Gasteiger partial charge in [-0.1, -0.05) is 12.8 Å². The summed E-state index contributed by atoms with van der Waals surface area (Å²) in [5.41, 5.74) is -0.0822. The number of rotatable bonds is 2. The lowest BCUT2D eigenvalue weighted by Crippen LogP contribution is -2.44. The van der Waals surface area contributed by atoms with E-state index in [-0.39, 0.29) is 5.54 Å². The zero-order valence-electron chi connectivity index (χ0n) is 7.71. The van der Waals surface area contributed by atoms with Crippen LogP contribution in [0.5, 0.6) is 0 Å². The first-order valence-electron chi connectivity index (χ1n) is 4.93. The average molecular weight is 164 g/mol. The predicted octanol–water partition coefficient (Wildman–Crippen LogP) is 1.92. The Kier molecular flexibility index (Phi) is 1.84. The molecule has 0 atom stereocenters. The van der Waals surface area contributed by atoms with E-state index in [4.69, 9.17) is 0 Å². The Labute approximate surface area is 74.2 Å². The van der Waals surface area contributed by atoms with Gasteiger partial charge in [0.05, 0.1) is 6.07 Å². The maximum atomic E-state index is 9.17. The van der Waals surface area contributed by atoms with Crippen molar-refractivity contribution in [3.63, 3.8) is 0 Å². The summed E-state index contributed by atoms with van der Waals surface area (Å²) in [5.74, 6) is 0. The van der Waals surface area contributed by atoms with Gasteiger partial charge in [0.1, 0.15) is 5.54 Å². The fourth-order valence-electron chi connectivity index (χ4n) is 2.31. The van der Waals surface area contributed by atoms with E-state index in [1.54, 1.807) is 0 Å². The molecule has 2 rings (SSSR count). The highest BCUT2D eigenvalue weighted by Gasteiger charge is 2.43. The molecule has 2 aliphatic carbocycles. The Morgan fingerprint density at radius 2 is 1.92 bits per heavy atom. The Balaban J connectivity index is 2.10. The van der Waals surface area contributed by atoms with Gasteiger partial charge in [0.25, 0.3) is 0 Å². The van der Waals surface area contributed by atoms with Gasteiger partial charge in [0, 0.05) is 6.04 Å². The van der Waals surface area contributed by atoms with Gasteiger partial charge in [0.15, 0.2) is 0 Å². The first-order valence-corrected chi connectivity index (χ1v) is 4.93. The number of nitrogens with zero attached hydrogens (tertiary/aromatic N) is 2. The van der Waals surface area contributed by atoms with E-state index in [0.717, 1.165) is 18.9 Å². The van der Waals surface area contributed by atoms with Crippen LogP contribution in [0.15, 0.2) is 0 Å². The molecular formula is C10H16N2. The molecule has 0 heterocycles. The van der Waals surface area contributed by atoms with E-state index >= 15 is 0 Å². The molecule has 0 unspecified atom stereocenters. The second-order valence-corrected chi connectivity index (χ2v) is 4.19. The first-order chi connectivity index (χ1) is 5.78. The molecule has 0 bridgehead atoms. The van der Waals surface area contributed by atoms with Crippen LogP contribution in [0.4, 0.5) is 0 Å². The van der Waals surface area contributed by atoms with Crippen molar-refractivity contribution in [3.05, 3.63) is 0 Å². The lowest BCUT2D eigenvalue weighted by atomic mass is 9.97. The van der Waals surface area contributed by atoms with Crippen molar-refractivity contribution in [1.82, 2.24) is 4.90 Å². The highest BCUT2D eigenvalue weighted by molar-refractivity contribution is 5.12. The molecule has 0 aromatic carbocycles. The Morgan fingerprint density at radius 3 is 2.33 bits per heavy atom. The largest absolute Gasteiger partial charge is 0.286 e. The summed E-state index contributed by atoms with van der Waals surface area (Å²) in [5, 5.41) is 9.17. The summed E-state index contributed by atoms with van der Waals surface area (Å²) >= 11 is 0. The van der Waals surface area contributed by atoms with E-state index < -0.39 is 0 Å². The van der Waals surface area contributed by atoms with Gasteiger partial charge >= 0.3 is 0 Å². The summed E-state index contributed by atoms with van der Waals surface area (Å²) in [4.78, 5) is 2.33. The summed E-state index contributed by atoms with van der Waals surface area (Å²) in [6.07, 6.45) is 7.28. The molecule has 0 spiro atoms. The zero-order valence-corrected chi connectivity index (χ0v) is 7.71. The fraction of sp³-hybridized carbons (Fsp3) is 0.900. The van der Waals surface area contributed by atoms with Crippen LogP contribution >= 0.6 is 0 Å². The Bertz CT molecular complexity index is 206. The van der Waals surface area contributed by atoms with Gasteiger partial charge in [-0.3, -0.25) is 4.90 Å². The molecule has 2 aliphatic rings. The van der Waals surface area contributed by atoms with Crippen molar-refractivity contribution < 1.29 is 0 Å². The average Bonchev–Trinajstić information content (AvgIpc) is 2.83. The topological polar surface area (TPSA) is 27.0 Å². The van der Waals surface area contributed by atoms with Crippen molar-refractivity contribution in [3.8, 4) is 6.07 Å². The van der Waals surface area contributed by atoms with Crippen LogP contribution in [0.2, 0.25) is 0 Å². The van der Waals surface area contributed by atoms with Crippen LogP contribution in [0.3, 0.4) is 0 Å². The summed E-state index contributed by atoms with van der Waals surface area (Å²) < 4.78 is 0. The van der Waals surface area contributed by atoms with E-state index in [1.165, 1.54) is 25.7 Å². The molecule has 12 heavy (non-hydrogen) atoms. The molecule has 0 aliphatic heterocycles. The number of hydrogen-bond donors (Lipinski definition) is 0. The standard InChI is InChI=1S/C10H16N2/c1-12(9-4-5-9)10(8-11)6-2-3-7-10/h9H,2-7H2,1H3. The van der Waals surface area contributed by atoms with Crippen LogP contribution in [0.1, 0.15) is 38.5 Å². The van der Waals surface area contributed by atoms with Gasteiger partial charge in [-0.25, -0.2) is 0 Å². The van der Waals surface area contributed by atoms with Gasteiger partial charge < -0.3 is 0 Å². The van der Waals surface area contributed by atoms with Gasteiger partial charge in [0.2, 0.25) is 0 Å². The van der Waals surface area contributed by atoms with Crippen molar-refractivity contribution >= 4 is 0 Å². The summed E-state index contributed by atoms with van der Waals surface area (Å²) in [6, 6.07) is 3.25. The van der Waals surface area contributed by atoms with E-state index in [1.807, 2.05) is 0 Å². The highest BCUT2D eigenvalue weighted by Crippen LogP contribution is 2.40. The smallest absolute Gasteiger partial charge is 0.109 e. The molecule has 0 N–H and O–H groups in total. The first kappa shape index (κ1) is 8.07. The predicted molar refractivity (Wildman–Crippen MR) is 47.6 cm³/mol. The minimum absolute atomic E-state index is 0.0822. The van der Waals surface area contributed by atoms with Gasteiger partial charge in [-0.05, 0) is 32.7 Å². The molecule has 0 saturated heterocycles. The molecule has 0 amide bonds. The minimum atomic E-state index is -0.0822. The van der Waals surface area contributed by atoms with Gasteiger partial charge in [-0.2, -0.15) is 5.26 Å². The van der Waals surface area contributed by atoms with Crippen LogP contribution in [0.25, 0.3) is 0 Å². The Morgan fingerprint density at radius 1 is 1.33 bits per heavy atom. The molecule has 0 aromatic heterocycles. The zero-order chi connectivity index (χ0) is 8.60. The van der Waals surface area contributed by atoms with E-state index in [0.29, 0.717) is 0 Å². The van der Waals surface area contributed by atoms with Gasteiger partial charge in [-0.15, -0.1) is 0 Å². The SMILES string of the molecule is CN(C1CC1)C1(C#N)CCCC1. The quantitative estimate of drug-likeness (QED) is 0.623. The van der Waals surface area contributed by atoms with Crippen LogP contribution in [0, 0.1) is 11.3 Å². The lowest BCUT2D eigenvalue weighted by molar-refractivity contribution is 0.170. The monoisotopic (exact) mass is 164 g/mol. The highest BCUT2D eigenvalue weighted by atomic mass is 15.2. The molecule has 0 radical (unpaired) electrons. The molecule has 2 nitrogen and oxygen atoms in total. The molecular weight excluding hydrogens is 148 g/mol. The van der Waals surface area contributed by atoms with E-state index in [9.17, 15) is 5.26 Å². The molecule has 2 fully saturated rings. The summed E-state index contributed by atoms with van der Waals surface area (Å²) in [6.45, 7) is 0. The van der Waals surface area contributed by atoms with Crippen molar-refractivity contribution in [1.29, 1.82) is 5.26 Å². The van der Waals surface area contributed by atoms with E-state index in [2.05, 4.69) is 18.0 Å². The Hall–Kier alpha value is -0.550. The number of nitriles is 1. The minimum Gasteiger partial charge on any atom is -0.286 e. The lowest BCUT2D eigenvalue weighted by Gasteiger charge is -2.32. The molecule has 2 heteroatoms. The normalized spacial score (nSPS) is 27.4. The third-order valence-corrected chi connectivity index (χ3v) is 3.41. The maximum absolute atomic E-state index is 9.17. The van der Waals surface area contributed by atoms with Crippen LogP contribution < -0.4 is 0 Å². The fourth-order valence-corrected chi connectivity index (χ4v) is 2.31. The summed E-state index contributed by atoms with van der Waals surface area (Å²) in [7, 11) is 2.13. The maximum Gasteiger partial charge on any atom is 0.109 e. The third kappa shape index (κ3) is 1.13. The number of hydrogen-bond acceptors (Lipinski definition) is 2. The van der Waals surface area contributed by atoms with Crippen LogP contribution in [-0.4, -0.2) is 23.5 Å². The molecule has 0 aromatic rings. The molecule has 66 valence electrons. The van der Waals surface area contributed by atoms with Crippen molar-refractivity contribution in [2.45, 2.75) is 50.1 Å². The van der Waals surface area contributed by atoms with Crippen molar-refractivity contribution in [2.75, 3.05) is 7.05 Å².